The summed E-state index contributed by atoms with van der Waals surface area (Å²) in [4.78, 5) is 43.5. The van der Waals surface area contributed by atoms with Crippen molar-refractivity contribution in [2.45, 2.75) is 33.1 Å². The van der Waals surface area contributed by atoms with Crippen molar-refractivity contribution >= 4 is 52.5 Å². The Bertz CT molecular complexity index is 1740. The number of carbonyl (C=O) groups excluding carboxylic acids is 2. The Morgan fingerprint density at radius 1 is 1.09 bits per heavy atom. The lowest BCUT2D eigenvalue weighted by molar-refractivity contribution is -0.274. The summed E-state index contributed by atoms with van der Waals surface area (Å²) in [6.07, 6.45) is 2.33. The quantitative estimate of drug-likeness (QED) is 0.257. The molecule has 1 saturated heterocycles. The highest BCUT2D eigenvalue weighted by Crippen LogP contribution is 2.34. The zero-order valence-corrected chi connectivity index (χ0v) is 24.4. The molecule has 0 aliphatic carbocycles. The first-order chi connectivity index (χ1) is 20.9. The van der Waals surface area contributed by atoms with Crippen LogP contribution in [0.4, 0.5) is 29.5 Å². The van der Waals surface area contributed by atoms with Gasteiger partial charge < -0.3 is 4.74 Å². The fourth-order valence-electron chi connectivity index (χ4n) is 4.15. The third kappa shape index (κ3) is 7.47. The molecule has 1 N–H and O–H groups in total. The number of urea groups is 1. The molecule has 15 heteroatoms. The van der Waals surface area contributed by atoms with Crippen LogP contribution in [0.25, 0.3) is 18.0 Å². The van der Waals surface area contributed by atoms with Gasteiger partial charge in [0.15, 0.2) is 16.8 Å². The van der Waals surface area contributed by atoms with Gasteiger partial charge in [-0.25, -0.2) is 24.4 Å². The van der Waals surface area contributed by atoms with Crippen LogP contribution in [0.1, 0.15) is 42.3 Å². The molecule has 4 aromatic rings. The third-order valence-electron chi connectivity index (χ3n) is 6.16. The number of hydrogen-bond acceptors (Lipinski definition) is 8. The topological polar surface area (TPSA) is 127 Å². The number of amidine groups is 1. The van der Waals surface area contributed by atoms with E-state index in [2.05, 4.69) is 35.1 Å². The van der Waals surface area contributed by atoms with E-state index < -0.39 is 18.1 Å². The minimum absolute atomic E-state index is 0.146. The lowest BCUT2D eigenvalue weighted by Crippen LogP contribution is -2.31. The summed E-state index contributed by atoms with van der Waals surface area (Å²) in [6.45, 7) is 6.03. The SMILES string of the molecule is Cc1ccc(C(C)C)c(N2C(=O)CS/C2=N\C(=O)Nc2ccc(/C=C/c3ncn(-c4ccc(OC(F)(F)F)cn4)n3)cn2)c1. The molecule has 0 saturated carbocycles. The number of aromatic nitrogens is 5. The zero-order valence-electron chi connectivity index (χ0n) is 23.6. The van der Waals surface area contributed by atoms with Crippen LogP contribution in [0, 0.1) is 6.92 Å². The predicted octanol–water partition coefficient (Wildman–Crippen LogP) is 6.23. The lowest BCUT2D eigenvalue weighted by Gasteiger charge is -2.22. The highest BCUT2D eigenvalue weighted by Gasteiger charge is 2.33. The number of rotatable bonds is 7. The van der Waals surface area contributed by atoms with Gasteiger partial charge in [0.1, 0.15) is 17.9 Å². The monoisotopic (exact) mass is 622 g/mol. The minimum Gasteiger partial charge on any atom is -0.404 e. The van der Waals surface area contributed by atoms with E-state index >= 15 is 0 Å². The molecule has 0 spiro atoms. The number of thioether (sulfide) groups is 1. The van der Waals surface area contributed by atoms with Crippen molar-refractivity contribution in [1.29, 1.82) is 0 Å². The van der Waals surface area contributed by atoms with Crippen LogP contribution >= 0.6 is 11.8 Å². The molecule has 0 bridgehead atoms. The molecule has 1 aliphatic rings. The number of nitrogens with zero attached hydrogens (tertiary/aromatic N) is 7. The van der Waals surface area contributed by atoms with Crippen LogP contribution in [0.2, 0.25) is 0 Å². The van der Waals surface area contributed by atoms with Gasteiger partial charge in [0.2, 0.25) is 5.91 Å². The zero-order chi connectivity index (χ0) is 31.4. The Balaban J connectivity index is 1.22. The van der Waals surface area contributed by atoms with E-state index in [-0.39, 0.29) is 29.2 Å². The van der Waals surface area contributed by atoms with Crippen LogP contribution in [0.5, 0.6) is 5.75 Å². The second-order valence-electron chi connectivity index (χ2n) is 9.82. The second-order valence-corrected chi connectivity index (χ2v) is 10.8. The summed E-state index contributed by atoms with van der Waals surface area (Å²) in [5, 5.41) is 7.15. The van der Waals surface area contributed by atoms with Gasteiger partial charge in [-0.3, -0.25) is 15.0 Å². The van der Waals surface area contributed by atoms with E-state index in [1.165, 1.54) is 39.9 Å². The van der Waals surface area contributed by atoms with Gasteiger partial charge >= 0.3 is 12.4 Å². The van der Waals surface area contributed by atoms with Crippen molar-refractivity contribution in [2.75, 3.05) is 16.0 Å². The Morgan fingerprint density at radius 3 is 2.59 bits per heavy atom. The molecule has 0 unspecified atom stereocenters. The summed E-state index contributed by atoms with van der Waals surface area (Å²) in [7, 11) is 0. The summed E-state index contributed by atoms with van der Waals surface area (Å²) < 4.78 is 42.1. The van der Waals surface area contributed by atoms with Gasteiger partial charge in [-0.05, 0) is 72.0 Å². The highest BCUT2D eigenvalue weighted by atomic mass is 32.2. The van der Waals surface area contributed by atoms with Gasteiger partial charge in [-0.2, -0.15) is 4.99 Å². The van der Waals surface area contributed by atoms with Crippen LogP contribution in [-0.2, 0) is 4.79 Å². The maximum absolute atomic E-state index is 12.8. The normalized spacial score (nSPS) is 14.7. The second kappa shape index (κ2) is 12.7. The van der Waals surface area contributed by atoms with Gasteiger partial charge in [-0.15, -0.1) is 18.3 Å². The molecule has 226 valence electrons. The number of aryl methyl sites for hydroxylation is 1. The Morgan fingerprint density at radius 2 is 1.91 bits per heavy atom. The number of ether oxygens (including phenoxy) is 1. The molecule has 1 aliphatic heterocycles. The maximum atomic E-state index is 12.8. The van der Waals surface area contributed by atoms with Crippen LogP contribution in [-0.4, -0.2) is 54.0 Å². The average Bonchev–Trinajstić information content (AvgIpc) is 3.58. The van der Waals surface area contributed by atoms with Crippen LogP contribution < -0.4 is 15.0 Å². The minimum atomic E-state index is -4.81. The number of benzene rings is 1. The number of amides is 3. The molecule has 5 rings (SSSR count). The largest absolute Gasteiger partial charge is 0.573 e. The van der Waals surface area contributed by atoms with Crippen LogP contribution in [0.15, 0.2) is 66.2 Å². The average molecular weight is 623 g/mol. The first-order valence-electron chi connectivity index (χ1n) is 13.2. The van der Waals surface area contributed by atoms with E-state index in [0.717, 1.165) is 29.1 Å². The van der Waals surface area contributed by atoms with E-state index in [0.29, 0.717) is 16.6 Å². The van der Waals surface area contributed by atoms with E-state index in [1.807, 2.05) is 39.0 Å². The number of halogens is 3. The van der Waals surface area contributed by atoms with Crippen molar-refractivity contribution in [3.8, 4) is 11.6 Å². The first kappa shape index (κ1) is 30.4. The summed E-state index contributed by atoms with van der Waals surface area (Å²) >= 11 is 1.20. The highest BCUT2D eigenvalue weighted by molar-refractivity contribution is 8.15. The number of aliphatic imine (C=N–C) groups is 1. The molecule has 44 heavy (non-hydrogen) atoms. The number of alkyl halides is 3. The summed E-state index contributed by atoms with van der Waals surface area (Å²) in [5.41, 5.74) is 3.38. The van der Waals surface area contributed by atoms with Crippen molar-refractivity contribution in [2.24, 2.45) is 4.99 Å². The van der Waals surface area contributed by atoms with E-state index in [1.54, 1.807) is 24.3 Å². The number of pyridine rings is 2. The number of carbonyl (C=O) groups is 2. The van der Waals surface area contributed by atoms with Gasteiger partial charge in [-0.1, -0.05) is 37.7 Å². The Labute approximate surface area is 253 Å². The van der Waals surface area contributed by atoms with Gasteiger partial charge in [0, 0.05) is 6.20 Å². The molecule has 4 heterocycles. The lowest BCUT2D eigenvalue weighted by atomic mass is 9.99. The molecule has 11 nitrogen and oxygen atoms in total. The molecule has 1 fully saturated rings. The Hall–Kier alpha value is -5.05. The maximum Gasteiger partial charge on any atom is 0.573 e. The fourth-order valence-corrected chi connectivity index (χ4v) is 5.01. The first-order valence-corrected chi connectivity index (χ1v) is 14.2. The summed E-state index contributed by atoms with van der Waals surface area (Å²) in [5.74, 6) is 0.594. The standard InChI is InChI=1S/C29H25F3N8O3S/c1-17(2)21-8-4-18(3)12-22(21)40-26(41)15-44-28(40)37-27(42)36-23-9-5-19(13-33-23)6-10-24-35-16-39(38-24)25-11-7-20(14-34-25)43-29(30,31)32/h4-14,16-17H,15H2,1-3H3,(H,33,36,42)/b10-6+,37-28-. The van der Waals surface area contributed by atoms with Crippen LogP contribution in [0.3, 0.4) is 0 Å². The number of anilines is 2. The van der Waals surface area contributed by atoms with Crippen molar-refractivity contribution in [1.82, 2.24) is 24.7 Å². The van der Waals surface area contributed by atoms with E-state index in [9.17, 15) is 22.8 Å². The van der Waals surface area contributed by atoms with Gasteiger partial charge in [0.05, 0.1) is 17.6 Å². The predicted molar refractivity (Wildman–Crippen MR) is 161 cm³/mol. The molecular weight excluding hydrogens is 597 g/mol. The molecule has 0 radical (unpaired) electrons. The number of nitrogens with one attached hydrogen (secondary N) is 1. The molecule has 1 aromatic carbocycles. The van der Waals surface area contributed by atoms with Crippen molar-refractivity contribution < 1.29 is 27.5 Å². The molecule has 3 aromatic heterocycles. The Kier molecular flexibility index (Phi) is 8.76. The molecule has 0 atom stereocenters. The third-order valence-corrected chi connectivity index (χ3v) is 7.08. The van der Waals surface area contributed by atoms with Crippen molar-refractivity contribution in [3.05, 3.63) is 83.7 Å². The summed E-state index contributed by atoms with van der Waals surface area (Å²) in [6, 6.07) is 11.0. The smallest absolute Gasteiger partial charge is 0.404 e. The fraction of sp³-hybridized carbons (Fsp3) is 0.207. The van der Waals surface area contributed by atoms with Crippen molar-refractivity contribution in [3.63, 3.8) is 0 Å². The van der Waals surface area contributed by atoms with E-state index in [4.69, 9.17) is 0 Å². The molecular formula is C29H25F3N8O3S. The molecule has 3 amide bonds. The number of hydrogen-bond donors (Lipinski definition) is 1. The van der Waals surface area contributed by atoms with Gasteiger partial charge in [0.25, 0.3) is 0 Å².